The molecule has 1 atom stereocenters. The van der Waals surface area contributed by atoms with E-state index in [0.717, 1.165) is 31.2 Å². The average molecular weight is 301 g/mol. The minimum absolute atomic E-state index is 0.00912. The normalized spacial score (nSPS) is 18.8. The van der Waals surface area contributed by atoms with Gasteiger partial charge in [-0.15, -0.1) is 0 Å². The molecule has 2 aliphatic rings. The zero-order chi connectivity index (χ0) is 15.5. The van der Waals surface area contributed by atoms with Crippen molar-refractivity contribution in [3.8, 4) is 0 Å². The number of carbonyl (C=O) groups excluding carboxylic acids is 2. The van der Waals surface area contributed by atoms with E-state index in [1.807, 2.05) is 42.3 Å². The topological polar surface area (TPSA) is 61.4 Å². The van der Waals surface area contributed by atoms with E-state index in [9.17, 15) is 9.59 Å². The number of hydrogen-bond donors (Lipinski definition) is 2. The number of carbonyl (C=O) groups is 2. The molecule has 0 unspecified atom stereocenters. The highest BCUT2D eigenvalue weighted by atomic mass is 16.2. The molecule has 5 nitrogen and oxygen atoms in total. The predicted octanol–water partition coefficient (Wildman–Crippen LogP) is 1.22. The molecule has 0 radical (unpaired) electrons. The van der Waals surface area contributed by atoms with Crippen LogP contribution in [-0.2, 0) is 9.59 Å². The van der Waals surface area contributed by atoms with Crippen LogP contribution in [0.2, 0.25) is 0 Å². The third kappa shape index (κ3) is 4.07. The first-order chi connectivity index (χ1) is 10.6. The second-order valence-corrected chi connectivity index (χ2v) is 6.35. The molecular weight excluding hydrogens is 278 g/mol. The third-order valence-corrected chi connectivity index (χ3v) is 4.06. The predicted molar refractivity (Wildman–Crippen MR) is 84.1 cm³/mol. The van der Waals surface area contributed by atoms with Gasteiger partial charge >= 0.3 is 0 Å². The molecule has 22 heavy (non-hydrogen) atoms. The van der Waals surface area contributed by atoms with Gasteiger partial charge in [-0.3, -0.25) is 14.5 Å². The van der Waals surface area contributed by atoms with Crippen molar-refractivity contribution in [2.75, 3.05) is 13.6 Å². The number of nitrogens with one attached hydrogen (secondary N) is 2. The lowest BCUT2D eigenvalue weighted by Crippen LogP contribution is -2.44. The summed E-state index contributed by atoms with van der Waals surface area (Å²) in [7, 11) is 1.83. The Labute approximate surface area is 131 Å². The quantitative estimate of drug-likeness (QED) is 0.796. The summed E-state index contributed by atoms with van der Waals surface area (Å²) in [5.74, 6) is -0.0272. The van der Waals surface area contributed by atoms with Crippen LogP contribution >= 0.6 is 0 Å². The van der Waals surface area contributed by atoms with E-state index in [4.69, 9.17) is 0 Å². The second kappa shape index (κ2) is 6.48. The van der Waals surface area contributed by atoms with Gasteiger partial charge in [0.05, 0.1) is 6.54 Å². The van der Waals surface area contributed by atoms with Crippen LogP contribution in [0.1, 0.15) is 37.3 Å². The highest BCUT2D eigenvalue weighted by Gasteiger charge is 2.32. The molecule has 118 valence electrons. The molecule has 5 heteroatoms. The van der Waals surface area contributed by atoms with Crippen molar-refractivity contribution in [2.45, 2.75) is 43.8 Å². The van der Waals surface area contributed by atoms with Gasteiger partial charge < -0.3 is 10.6 Å². The molecule has 0 aliphatic heterocycles. The Morgan fingerprint density at radius 3 is 2.27 bits per heavy atom. The lowest BCUT2D eigenvalue weighted by molar-refractivity contribution is -0.128. The first-order valence-electron chi connectivity index (χ1n) is 7.98. The van der Waals surface area contributed by atoms with E-state index >= 15 is 0 Å². The fraction of sp³-hybridized carbons (Fsp3) is 0.529. The Hall–Kier alpha value is -1.88. The second-order valence-electron chi connectivity index (χ2n) is 6.35. The van der Waals surface area contributed by atoms with Crippen LogP contribution < -0.4 is 10.6 Å². The molecule has 3 rings (SSSR count). The average Bonchev–Trinajstić information content (AvgIpc) is 3.37. The SMILES string of the molecule is CN(CC(=O)NC1CC1)[C@@H](C(=O)NC1CC1)c1ccccc1. The number of amides is 2. The Morgan fingerprint density at radius 2 is 1.68 bits per heavy atom. The van der Waals surface area contributed by atoms with Gasteiger partial charge in [-0.05, 0) is 38.3 Å². The standard InChI is InChI=1S/C17H23N3O2/c1-20(11-15(21)18-13-7-8-13)16(12-5-3-2-4-6-12)17(22)19-14-9-10-14/h2-6,13-14,16H,7-11H2,1H3,(H,18,21)(H,19,22)/t16-/m1/s1. The maximum absolute atomic E-state index is 12.6. The zero-order valence-corrected chi connectivity index (χ0v) is 12.9. The van der Waals surface area contributed by atoms with E-state index in [1.54, 1.807) is 0 Å². The number of nitrogens with zero attached hydrogens (tertiary/aromatic N) is 1. The van der Waals surface area contributed by atoms with Gasteiger partial charge in [0.2, 0.25) is 11.8 Å². The van der Waals surface area contributed by atoms with Crippen molar-refractivity contribution in [3.63, 3.8) is 0 Å². The molecule has 2 amide bonds. The van der Waals surface area contributed by atoms with Crippen molar-refractivity contribution in [1.29, 1.82) is 0 Å². The van der Waals surface area contributed by atoms with Crippen LogP contribution in [0.15, 0.2) is 30.3 Å². The zero-order valence-electron chi connectivity index (χ0n) is 12.9. The van der Waals surface area contributed by atoms with E-state index in [2.05, 4.69) is 10.6 Å². The molecule has 0 bridgehead atoms. The molecule has 1 aromatic carbocycles. The highest BCUT2D eigenvalue weighted by Crippen LogP contribution is 2.24. The maximum Gasteiger partial charge on any atom is 0.242 e. The molecule has 0 aromatic heterocycles. The van der Waals surface area contributed by atoms with Gasteiger partial charge in [-0.2, -0.15) is 0 Å². The molecule has 2 saturated carbocycles. The van der Waals surface area contributed by atoms with Gasteiger partial charge in [0.15, 0.2) is 0 Å². The molecule has 1 aromatic rings. The van der Waals surface area contributed by atoms with Crippen molar-refractivity contribution < 1.29 is 9.59 Å². The van der Waals surface area contributed by atoms with Gasteiger partial charge in [0.25, 0.3) is 0 Å². The van der Waals surface area contributed by atoms with Crippen LogP contribution in [0.3, 0.4) is 0 Å². The van der Waals surface area contributed by atoms with Crippen LogP contribution in [0.4, 0.5) is 0 Å². The van der Waals surface area contributed by atoms with Crippen molar-refractivity contribution in [1.82, 2.24) is 15.5 Å². The van der Waals surface area contributed by atoms with Gasteiger partial charge in [-0.25, -0.2) is 0 Å². The third-order valence-electron chi connectivity index (χ3n) is 4.06. The molecule has 2 aliphatic carbocycles. The van der Waals surface area contributed by atoms with Crippen molar-refractivity contribution >= 4 is 11.8 Å². The summed E-state index contributed by atoms with van der Waals surface area (Å²) in [5.41, 5.74) is 0.919. The van der Waals surface area contributed by atoms with Crippen LogP contribution in [0.5, 0.6) is 0 Å². The number of hydrogen-bond acceptors (Lipinski definition) is 3. The lowest BCUT2D eigenvalue weighted by Gasteiger charge is -2.27. The maximum atomic E-state index is 12.6. The lowest BCUT2D eigenvalue weighted by atomic mass is 10.0. The summed E-state index contributed by atoms with van der Waals surface area (Å²) in [5, 5.41) is 6.02. The first kappa shape index (κ1) is 15.0. The molecule has 2 fully saturated rings. The number of rotatable bonds is 7. The van der Waals surface area contributed by atoms with Crippen molar-refractivity contribution in [2.24, 2.45) is 0 Å². The summed E-state index contributed by atoms with van der Waals surface area (Å²) >= 11 is 0. The summed E-state index contributed by atoms with van der Waals surface area (Å²) in [6, 6.07) is 9.88. The minimum Gasteiger partial charge on any atom is -0.352 e. The fourth-order valence-corrected chi connectivity index (χ4v) is 2.57. The summed E-state index contributed by atoms with van der Waals surface area (Å²) in [6.45, 7) is 0.230. The van der Waals surface area contributed by atoms with Crippen LogP contribution in [-0.4, -0.2) is 42.4 Å². The van der Waals surface area contributed by atoms with Crippen LogP contribution in [0.25, 0.3) is 0 Å². The summed E-state index contributed by atoms with van der Waals surface area (Å²) in [6.07, 6.45) is 4.25. The Morgan fingerprint density at radius 1 is 1.09 bits per heavy atom. The first-order valence-corrected chi connectivity index (χ1v) is 7.98. The molecule has 0 heterocycles. The molecule has 0 spiro atoms. The van der Waals surface area contributed by atoms with E-state index in [1.165, 1.54) is 0 Å². The minimum atomic E-state index is -0.424. The van der Waals surface area contributed by atoms with Gasteiger partial charge in [0, 0.05) is 12.1 Å². The number of likely N-dealkylation sites (N-methyl/N-ethyl adjacent to an activating group) is 1. The van der Waals surface area contributed by atoms with E-state index < -0.39 is 6.04 Å². The molecule has 0 saturated heterocycles. The largest absolute Gasteiger partial charge is 0.352 e. The van der Waals surface area contributed by atoms with Gasteiger partial charge in [-0.1, -0.05) is 30.3 Å². The summed E-state index contributed by atoms with van der Waals surface area (Å²) < 4.78 is 0. The van der Waals surface area contributed by atoms with Crippen LogP contribution in [0, 0.1) is 0 Å². The Kier molecular flexibility index (Phi) is 4.43. The van der Waals surface area contributed by atoms with E-state index in [0.29, 0.717) is 12.1 Å². The number of benzene rings is 1. The Balaban J connectivity index is 1.68. The smallest absolute Gasteiger partial charge is 0.242 e. The van der Waals surface area contributed by atoms with E-state index in [-0.39, 0.29) is 18.4 Å². The van der Waals surface area contributed by atoms with Gasteiger partial charge in [0.1, 0.15) is 6.04 Å². The Bertz CT molecular complexity index is 538. The molecular formula is C17H23N3O2. The van der Waals surface area contributed by atoms with Crippen molar-refractivity contribution in [3.05, 3.63) is 35.9 Å². The summed E-state index contributed by atoms with van der Waals surface area (Å²) in [4.78, 5) is 26.4. The highest BCUT2D eigenvalue weighted by molar-refractivity contribution is 5.85. The monoisotopic (exact) mass is 301 g/mol. The fourth-order valence-electron chi connectivity index (χ4n) is 2.57. The molecule has 2 N–H and O–H groups in total.